The summed E-state index contributed by atoms with van der Waals surface area (Å²) in [6, 6.07) is 11.7. The number of rotatable bonds is 5. The molecule has 3 aromatic heterocycles. The van der Waals surface area contributed by atoms with E-state index >= 15 is 0 Å². The van der Waals surface area contributed by atoms with Crippen molar-refractivity contribution < 1.29 is 9.21 Å². The molecule has 1 N–H and O–H groups in total. The third kappa shape index (κ3) is 3.25. The summed E-state index contributed by atoms with van der Waals surface area (Å²) in [5.74, 6) is -0.0266. The summed E-state index contributed by atoms with van der Waals surface area (Å²) in [5, 5.41) is 6.31. The predicted octanol–water partition coefficient (Wildman–Crippen LogP) is 4.23. The fraction of sp³-hybridized carbons (Fsp3) is 0.167. The van der Waals surface area contributed by atoms with Gasteiger partial charge >= 0.3 is 0 Å². The smallest absolute Gasteiger partial charge is 0.233 e. The van der Waals surface area contributed by atoms with Gasteiger partial charge in [0.1, 0.15) is 22.5 Å². The lowest BCUT2D eigenvalue weighted by molar-refractivity contribution is -0.120. The Morgan fingerprint density at radius 3 is 3.00 bits per heavy atom. The summed E-state index contributed by atoms with van der Waals surface area (Å²) >= 11 is 3.01. The lowest BCUT2D eigenvalue weighted by Gasteiger charge is -2.10. The Labute approximate surface area is 152 Å². The zero-order chi connectivity index (χ0) is 17.2. The number of carbonyl (C=O) groups is 1. The van der Waals surface area contributed by atoms with Gasteiger partial charge in [-0.15, -0.1) is 11.3 Å². The normalized spacial score (nSPS) is 12.5. The zero-order valence-electron chi connectivity index (χ0n) is 13.4. The van der Waals surface area contributed by atoms with Gasteiger partial charge in [0, 0.05) is 10.3 Å². The molecule has 1 atom stereocenters. The molecule has 5 nitrogen and oxygen atoms in total. The summed E-state index contributed by atoms with van der Waals surface area (Å²) in [6.45, 7) is 2.41. The number of amides is 1. The SMILES string of the molecule is C[C@H](Sc1ncnc2c1oc1ccccc12)C(=O)NCc1cccs1. The number of hydrogen-bond acceptors (Lipinski definition) is 6. The molecule has 0 spiro atoms. The molecule has 0 bridgehead atoms. The van der Waals surface area contributed by atoms with E-state index in [-0.39, 0.29) is 11.2 Å². The van der Waals surface area contributed by atoms with Crippen molar-refractivity contribution >= 4 is 51.1 Å². The van der Waals surface area contributed by atoms with E-state index in [0.29, 0.717) is 17.2 Å². The van der Waals surface area contributed by atoms with Gasteiger partial charge in [-0.1, -0.05) is 30.0 Å². The molecule has 0 aliphatic rings. The van der Waals surface area contributed by atoms with Crippen LogP contribution in [0.5, 0.6) is 0 Å². The molecule has 0 aliphatic heterocycles. The van der Waals surface area contributed by atoms with Crippen molar-refractivity contribution in [1.29, 1.82) is 0 Å². The quantitative estimate of drug-likeness (QED) is 0.421. The molecule has 0 saturated heterocycles. The Morgan fingerprint density at radius 1 is 1.28 bits per heavy atom. The van der Waals surface area contributed by atoms with Crippen LogP contribution in [0.25, 0.3) is 22.1 Å². The number of fused-ring (bicyclic) bond motifs is 3. The molecular formula is C18H15N3O2S2. The largest absolute Gasteiger partial charge is 0.451 e. The molecule has 25 heavy (non-hydrogen) atoms. The maximum Gasteiger partial charge on any atom is 0.233 e. The number of nitrogens with one attached hydrogen (secondary N) is 1. The lowest BCUT2D eigenvalue weighted by atomic mass is 10.2. The summed E-state index contributed by atoms with van der Waals surface area (Å²) in [7, 11) is 0. The molecule has 4 aromatic rings. The van der Waals surface area contributed by atoms with E-state index in [2.05, 4.69) is 15.3 Å². The van der Waals surface area contributed by atoms with E-state index in [1.807, 2.05) is 48.7 Å². The first-order chi connectivity index (χ1) is 12.2. The number of thiophene rings is 1. The highest BCUT2D eigenvalue weighted by Crippen LogP contribution is 2.34. The van der Waals surface area contributed by atoms with Crippen LogP contribution >= 0.6 is 23.1 Å². The highest BCUT2D eigenvalue weighted by molar-refractivity contribution is 8.00. The third-order valence-corrected chi connectivity index (χ3v) is 5.76. The molecule has 0 unspecified atom stereocenters. The molecule has 1 amide bonds. The van der Waals surface area contributed by atoms with Crippen LogP contribution in [0.4, 0.5) is 0 Å². The van der Waals surface area contributed by atoms with Crippen LogP contribution in [0.15, 0.2) is 57.5 Å². The Hall–Kier alpha value is -2.38. The number of nitrogens with zero attached hydrogens (tertiary/aromatic N) is 2. The minimum Gasteiger partial charge on any atom is -0.451 e. The first kappa shape index (κ1) is 16.1. The first-order valence-electron chi connectivity index (χ1n) is 7.81. The molecule has 126 valence electrons. The lowest BCUT2D eigenvalue weighted by Crippen LogP contribution is -2.30. The summed E-state index contributed by atoms with van der Waals surface area (Å²) in [6.07, 6.45) is 1.52. The molecule has 4 rings (SSSR count). The van der Waals surface area contributed by atoms with Gasteiger partial charge in [0.15, 0.2) is 5.58 Å². The van der Waals surface area contributed by atoms with Gasteiger partial charge in [-0.2, -0.15) is 0 Å². The minimum atomic E-state index is -0.286. The average molecular weight is 369 g/mol. The van der Waals surface area contributed by atoms with Crippen molar-refractivity contribution in [2.24, 2.45) is 0 Å². The summed E-state index contributed by atoms with van der Waals surface area (Å²) < 4.78 is 5.91. The number of hydrogen-bond donors (Lipinski definition) is 1. The molecule has 0 aliphatic carbocycles. The molecular weight excluding hydrogens is 354 g/mol. The van der Waals surface area contributed by atoms with E-state index in [0.717, 1.165) is 21.4 Å². The van der Waals surface area contributed by atoms with Gasteiger partial charge in [-0.05, 0) is 30.5 Å². The number of benzene rings is 1. The second-order valence-corrected chi connectivity index (χ2v) is 7.87. The van der Waals surface area contributed by atoms with Crippen LogP contribution in [0.2, 0.25) is 0 Å². The third-order valence-electron chi connectivity index (χ3n) is 3.80. The second-order valence-electron chi connectivity index (χ2n) is 5.51. The fourth-order valence-electron chi connectivity index (χ4n) is 2.54. The van der Waals surface area contributed by atoms with Crippen LogP contribution in [-0.2, 0) is 11.3 Å². The molecule has 0 fully saturated rings. The second kappa shape index (κ2) is 6.85. The first-order valence-corrected chi connectivity index (χ1v) is 9.57. The Kier molecular flexibility index (Phi) is 4.42. The van der Waals surface area contributed by atoms with Crippen LogP contribution in [0.3, 0.4) is 0 Å². The monoisotopic (exact) mass is 369 g/mol. The standard InChI is InChI=1S/C18H15N3O2S2/c1-11(17(22)19-9-12-5-4-8-24-12)25-18-16-15(20-10-21-18)13-6-2-3-7-14(13)23-16/h2-8,10-11H,9H2,1H3,(H,19,22)/t11-/m0/s1. The van der Waals surface area contributed by atoms with Crippen molar-refractivity contribution in [1.82, 2.24) is 15.3 Å². The highest BCUT2D eigenvalue weighted by atomic mass is 32.2. The van der Waals surface area contributed by atoms with E-state index < -0.39 is 0 Å². The molecule has 1 aromatic carbocycles. The highest BCUT2D eigenvalue weighted by Gasteiger charge is 2.19. The maximum absolute atomic E-state index is 12.3. The van der Waals surface area contributed by atoms with Crippen LogP contribution < -0.4 is 5.32 Å². The van der Waals surface area contributed by atoms with E-state index in [1.165, 1.54) is 18.1 Å². The minimum absolute atomic E-state index is 0.0266. The number of carbonyl (C=O) groups excluding carboxylic acids is 1. The van der Waals surface area contributed by atoms with Crippen LogP contribution in [0, 0.1) is 0 Å². The van der Waals surface area contributed by atoms with Crippen molar-refractivity contribution in [2.75, 3.05) is 0 Å². The zero-order valence-corrected chi connectivity index (χ0v) is 15.1. The molecule has 7 heteroatoms. The van der Waals surface area contributed by atoms with Crippen molar-refractivity contribution in [3.8, 4) is 0 Å². The molecule has 0 saturated carbocycles. The van der Waals surface area contributed by atoms with Gasteiger partial charge < -0.3 is 9.73 Å². The number of para-hydroxylation sites is 1. The molecule has 3 heterocycles. The number of aromatic nitrogens is 2. The van der Waals surface area contributed by atoms with E-state index in [4.69, 9.17) is 4.42 Å². The van der Waals surface area contributed by atoms with Crippen molar-refractivity contribution in [3.05, 3.63) is 53.0 Å². The van der Waals surface area contributed by atoms with Gasteiger partial charge in [-0.3, -0.25) is 4.79 Å². The van der Waals surface area contributed by atoms with E-state index in [1.54, 1.807) is 11.3 Å². The Morgan fingerprint density at radius 2 is 2.16 bits per heavy atom. The summed E-state index contributed by atoms with van der Waals surface area (Å²) in [4.78, 5) is 22.1. The number of furan rings is 1. The van der Waals surface area contributed by atoms with Crippen LogP contribution in [-0.4, -0.2) is 21.1 Å². The topological polar surface area (TPSA) is 68.0 Å². The van der Waals surface area contributed by atoms with E-state index in [9.17, 15) is 4.79 Å². The van der Waals surface area contributed by atoms with Gasteiger partial charge in [0.05, 0.1) is 11.8 Å². The van der Waals surface area contributed by atoms with Gasteiger partial charge in [0.2, 0.25) is 5.91 Å². The maximum atomic E-state index is 12.3. The summed E-state index contributed by atoms with van der Waals surface area (Å²) in [5.41, 5.74) is 2.18. The van der Waals surface area contributed by atoms with Crippen LogP contribution in [0.1, 0.15) is 11.8 Å². The number of thioether (sulfide) groups is 1. The van der Waals surface area contributed by atoms with Crippen molar-refractivity contribution in [2.45, 2.75) is 23.7 Å². The Balaban J connectivity index is 1.54. The molecule has 0 radical (unpaired) electrons. The predicted molar refractivity (Wildman–Crippen MR) is 101 cm³/mol. The van der Waals surface area contributed by atoms with Crippen molar-refractivity contribution in [3.63, 3.8) is 0 Å². The fourth-order valence-corrected chi connectivity index (χ4v) is 4.06. The average Bonchev–Trinajstić information content (AvgIpc) is 3.27. The van der Waals surface area contributed by atoms with Gasteiger partial charge in [-0.25, -0.2) is 9.97 Å². The Bertz CT molecular complexity index is 1030. The van der Waals surface area contributed by atoms with Gasteiger partial charge in [0.25, 0.3) is 0 Å².